The molecule has 88 valence electrons. The van der Waals surface area contributed by atoms with E-state index in [-0.39, 0.29) is 6.10 Å². The number of aliphatic hydroxyl groups is 1. The first-order valence-corrected chi connectivity index (χ1v) is 7.83. The van der Waals surface area contributed by atoms with Gasteiger partial charge in [-0.2, -0.15) is 23.5 Å². The fourth-order valence-electron chi connectivity index (χ4n) is 1.85. The number of hydrogen-bond acceptors (Lipinski definition) is 3. The van der Waals surface area contributed by atoms with Crippen molar-refractivity contribution in [3.05, 3.63) is 34.9 Å². The van der Waals surface area contributed by atoms with E-state index in [0.717, 1.165) is 17.1 Å². The number of thioether (sulfide) groups is 2. The average molecular weight is 254 g/mol. The molecular weight excluding hydrogens is 236 g/mol. The molecule has 2 unspecified atom stereocenters. The number of aliphatic hydroxyl groups excluding tert-OH is 1. The predicted molar refractivity (Wildman–Crippen MR) is 74.4 cm³/mol. The van der Waals surface area contributed by atoms with Crippen molar-refractivity contribution in [1.82, 2.24) is 0 Å². The van der Waals surface area contributed by atoms with E-state index in [0.29, 0.717) is 5.25 Å². The van der Waals surface area contributed by atoms with Gasteiger partial charge >= 0.3 is 0 Å². The second-order valence-corrected chi connectivity index (χ2v) is 6.77. The molecule has 1 N–H and O–H groups in total. The summed E-state index contributed by atoms with van der Waals surface area (Å²) in [6.45, 7) is 4.21. The minimum atomic E-state index is -0.308. The summed E-state index contributed by atoms with van der Waals surface area (Å²) in [6, 6.07) is 6.29. The molecule has 2 atom stereocenters. The summed E-state index contributed by atoms with van der Waals surface area (Å²) in [5.74, 6) is 3.46. The van der Waals surface area contributed by atoms with Crippen LogP contribution in [-0.2, 0) is 0 Å². The Hall–Kier alpha value is -0.120. The Bertz CT molecular complexity index is 359. The minimum Gasteiger partial charge on any atom is -0.387 e. The lowest BCUT2D eigenvalue weighted by Gasteiger charge is -2.26. The molecule has 1 nitrogen and oxygen atoms in total. The molecule has 0 saturated carbocycles. The standard InChI is InChI=1S/C13H18OS2/c1-9-3-4-11(7-10(9)2)13(14)12-8-15-5-6-16-12/h3-4,7,12-14H,5-6,8H2,1-2H3. The zero-order chi connectivity index (χ0) is 11.5. The summed E-state index contributed by atoms with van der Waals surface area (Å²) >= 11 is 3.86. The Morgan fingerprint density at radius 1 is 1.25 bits per heavy atom. The van der Waals surface area contributed by atoms with Crippen molar-refractivity contribution in [1.29, 1.82) is 0 Å². The third-order valence-electron chi connectivity index (χ3n) is 3.07. The van der Waals surface area contributed by atoms with Crippen molar-refractivity contribution in [2.24, 2.45) is 0 Å². The largest absolute Gasteiger partial charge is 0.387 e. The molecule has 1 aliphatic heterocycles. The van der Waals surface area contributed by atoms with Crippen LogP contribution in [0.25, 0.3) is 0 Å². The highest BCUT2D eigenvalue weighted by molar-refractivity contribution is 8.06. The monoisotopic (exact) mass is 254 g/mol. The maximum Gasteiger partial charge on any atom is 0.0916 e. The van der Waals surface area contributed by atoms with Crippen molar-refractivity contribution >= 4 is 23.5 Å². The van der Waals surface area contributed by atoms with Crippen LogP contribution >= 0.6 is 23.5 Å². The molecule has 1 fully saturated rings. The van der Waals surface area contributed by atoms with E-state index in [1.807, 2.05) is 23.5 Å². The van der Waals surface area contributed by atoms with Gasteiger partial charge in [0, 0.05) is 22.5 Å². The second-order valence-electron chi connectivity index (χ2n) is 4.27. The molecule has 16 heavy (non-hydrogen) atoms. The number of rotatable bonds is 2. The second kappa shape index (κ2) is 5.48. The van der Waals surface area contributed by atoms with E-state index in [9.17, 15) is 5.11 Å². The summed E-state index contributed by atoms with van der Waals surface area (Å²) in [5.41, 5.74) is 3.63. The molecule has 2 rings (SSSR count). The lowest BCUT2D eigenvalue weighted by molar-refractivity contribution is 0.180. The SMILES string of the molecule is Cc1ccc(C(O)C2CSCCS2)cc1C. The summed E-state index contributed by atoms with van der Waals surface area (Å²) in [6.07, 6.45) is -0.308. The summed E-state index contributed by atoms with van der Waals surface area (Å²) in [4.78, 5) is 0. The van der Waals surface area contributed by atoms with Crippen LogP contribution in [-0.4, -0.2) is 27.6 Å². The Morgan fingerprint density at radius 2 is 2.06 bits per heavy atom. The van der Waals surface area contributed by atoms with Crippen LogP contribution in [0, 0.1) is 13.8 Å². The van der Waals surface area contributed by atoms with Gasteiger partial charge in [0.15, 0.2) is 0 Å². The first-order valence-electron chi connectivity index (χ1n) is 5.63. The van der Waals surface area contributed by atoms with Gasteiger partial charge in [-0.3, -0.25) is 0 Å². The molecular formula is C13H18OS2. The van der Waals surface area contributed by atoms with Gasteiger partial charge in [-0.25, -0.2) is 0 Å². The smallest absolute Gasteiger partial charge is 0.0916 e. The fourth-order valence-corrected chi connectivity index (χ4v) is 4.60. The van der Waals surface area contributed by atoms with Crippen molar-refractivity contribution in [3.63, 3.8) is 0 Å². The predicted octanol–water partition coefficient (Wildman–Crippen LogP) is 3.19. The van der Waals surface area contributed by atoms with Gasteiger partial charge in [-0.05, 0) is 30.5 Å². The van der Waals surface area contributed by atoms with Gasteiger partial charge in [0.2, 0.25) is 0 Å². The lowest BCUT2D eigenvalue weighted by atomic mass is 10.0. The Morgan fingerprint density at radius 3 is 2.69 bits per heavy atom. The zero-order valence-corrected chi connectivity index (χ0v) is 11.4. The van der Waals surface area contributed by atoms with Crippen molar-refractivity contribution in [3.8, 4) is 0 Å². The van der Waals surface area contributed by atoms with Crippen LogP contribution in [0.5, 0.6) is 0 Å². The first kappa shape index (κ1) is 12.3. The molecule has 3 heteroatoms. The maximum atomic E-state index is 10.3. The topological polar surface area (TPSA) is 20.2 Å². The van der Waals surface area contributed by atoms with Gasteiger partial charge in [-0.15, -0.1) is 0 Å². The van der Waals surface area contributed by atoms with Crippen LogP contribution in [0.1, 0.15) is 22.8 Å². The Labute approximate surface area is 106 Å². The van der Waals surface area contributed by atoms with Gasteiger partial charge < -0.3 is 5.11 Å². The molecule has 0 bridgehead atoms. The highest BCUT2D eigenvalue weighted by atomic mass is 32.2. The Balaban J connectivity index is 2.12. The van der Waals surface area contributed by atoms with E-state index >= 15 is 0 Å². The number of hydrogen-bond donors (Lipinski definition) is 1. The number of benzene rings is 1. The highest BCUT2D eigenvalue weighted by Gasteiger charge is 2.24. The van der Waals surface area contributed by atoms with Crippen LogP contribution in [0.15, 0.2) is 18.2 Å². The maximum absolute atomic E-state index is 10.3. The van der Waals surface area contributed by atoms with E-state index in [1.54, 1.807) is 0 Å². The van der Waals surface area contributed by atoms with Gasteiger partial charge in [0.25, 0.3) is 0 Å². The molecule has 0 aromatic heterocycles. The van der Waals surface area contributed by atoms with E-state index in [2.05, 4.69) is 32.0 Å². The molecule has 1 saturated heterocycles. The third-order valence-corrected chi connectivity index (χ3v) is 5.92. The van der Waals surface area contributed by atoms with E-state index < -0.39 is 0 Å². The minimum absolute atomic E-state index is 0.308. The lowest BCUT2D eigenvalue weighted by Crippen LogP contribution is -2.22. The van der Waals surface area contributed by atoms with Crippen LogP contribution < -0.4 is 0 Å². The molecule has 1 heterocycles. The molecule has 1 aromatic rings. The van der Waals surface area contributed by atoms with Gasteiger partial charge in [0.1, 0.15) is 0 Å². The third kappa shape index (κ3) is 2.76. The van der Waals surface area contributed by atoms with E-state index in [1.165, 1.54) is 16.9 Å². The van der Waals surface area contributed by atoms with Gasteiger partial charge in [-0.1, -0.05) is 18.2 Å². The zero-order valence-electron chi connectivity index (χ0n) is 9.77. The summed E-state index contributed by atoms with van der Waals surface area (Å²) in [5, 5.41) is 10.7. The Kier molecular flexibility index (Phi) is 4.22. The van der Waals surface area contributed by atoms with Gasteiger partial charge in [0.05, 0.1) is 6.10 Å². The quantitative estimate of drug-likeness (QED) is 0.875. The van der Waals surface area contributed by atoms with Crippen LogP contribution in [0.4, 0.5) is 0 Å². The molecule has 0 aliphatic carbocycles. The van der Waals surface area contributed by atoms with Crippen molar-refractivity contribution in [2.75, 3.05) is 17.3 Å². The molecule has 1 aromatic carbocycles. The fraction of sp³-hybridized carbons (Fsp3) is 0.538. The number of aryl methyl sites for hydroxylation is 2. The molecule has 1 aliphatic rings. The van der Waals surface area contributed by atoms with Crippen molar-refractivity contribution < 1.29 is 5.11 Å². The normalized spacial score (nSPS) is 23.1. The average Bonchev–Trinajstić information content (AvgIpc) is 2.33. The van der Waals surface area contributed by atoms with Crippen molar-refractivity contribution in [2.45, 2.75) is 25.2 Å². The molecule has 0 amide bonds. The van der Waals surface area contributed by atoms with E-state index in [4.69, 9.17) is 0 Å². The molecule has 0 radical (unpaired) electrons. The van der Waals surface area contributed by atoms with Crippen LogP contribution in [0.2, 0.25) is 0 Å². The first-order chi connectivity index (χ1) is 7.68. The summed E-state index contributed by atoms with van der Waals surface area (Å²) < 4.78 is 0. The highest BCUT2D eigenvalue weighted by Crippen LogP contribution is 2.33. The molecule has 0 spiro atoms. The summed E-state index contributed by atoms with van der Waals surface area (Å²) in [7, 11) is 0. The van der Waals surface area contributed by atoms with Crippen LogP contribution in [0.3, 0.4) is 0 Å².